The summed E-state index contributed by atoms with van der Waals surface area (Å²) in [7, 11) is 0. The van der Waals surface area contributed by atoms with E-state index in [1.165, 1.54) is 25.0 Å². The van der Waals surface area contributed by atoms with Crippen LogP contribution in [0.25, 0.3) is 0 Å². The standard InChI is InChI=1S/C18H21N5O4/c1-11-15(10-22-27-11)16(24)14(7-19)17(25)23-18-20-8-13(9-21-18)26-12-5-3-2-4-6-12/h8-10,12,14,16,24H,2-6H2,1H3,(H,20,21,23,25). The van der Waals surface area contributed by atoms with Gasteiger partial charge in [-0.3, -0.25) is 10.1 Å². The molecule has 2 unspecified atom stereocenters. The van der Waals surface area contributed by atoms with Gasteiger partial charge in [0.15, 0.2) is 11.7 Å². The third kappa shape index (κ3) is 4.60. The van der Waals surface area contributed by atoms with Gasteiger partial charge in [0.05, 0.1) is 30.8 Å². The van der Waals surface area contributed by atoms with Crippen LogP contribution in [-0.2, 0) is 4.79 Å². The lowest BCUT2D eigenvalue weighted by Gasteiger charge is -2.22. The van der Waals surface area contributed by atoms with E-state index in [0.717, 1.165) is 25.7 Å². The molecule has 0 saturated heterocycles. The van der Waals surface area contributed by atoms with E-state index in [0.29, 0.717) is 11.5 Å². The molecule has 2 aromatic rings. The Labute approximate surface area is 156 Å². The predicted octanol–water partition coefficient (Wildman–Crippen LogP) is 2.30. The van der Waals surface area contributed by atoms with Crippen molar-refractivity contribution < 1.29 is 19.2 Å². The number of hydrogen-bond donors (Lipinski definition) is 2. The fourth-order valence-electron chi connectivity index (χ4n) is 3.05. The number of aliphatic hydroxyl groups is 1. The number of nitrogens with zero attached hydrogens (tertiary/aromatic N) is 4. The van der Waals surface area contributed by atoms with Crippen molar-refractivity contribution >= 4 is 11.9 Å². The van der Waals surface area contributed by atoms with Crippen molar-refractivity contribution in [2.75, 3.05) is 5.32 Å². The highest BCUT2D eigenvalue weighted by molar-refractivity contribution is 5.93. The molecular weight excluding hydrogens is 350 g/mol. The van der Waals surface area contributed by atoms with E-state index in [4.69, 9.17) is 9.26 Å². The zero-order valence-electron chi connectivity index (χ0n) is 15.0. The predicted molar refractivity (Wildman–Crippen MR) is 93.5 cm³/mol. The van der Waals surface area contributed by atoms with Gasteiger partial charge >= 0.3 is 0 Å². The number of anilines is 1. The molecule has 0 radical (unpaired) electrons. The number of hydrogen-bond acceptors (Lipinski definition) is 8. The molecule has 3 rings (SSSR count). The maximum Gasteiger partial charge on any atom is 0.247 e. The lowest BCUT2D eigenvalue weighted by molar-refractivity contribution is -0.121. The van der Waals surface area contributed by atoms with Crippen molar-refractivity contribution in [3.05, 3.63) is 29.9 Å². The van der Waals surface area contributed by atoms with E-state index >= 15 is 0 Å². The Morgan fingerprint density at radius 3 is 2.63 bits per heavy atom. The van der Waals surface area contributed by atoms with Crippen LogP contribution in [0.4, 0.5) is 5.95 Å². The maximum absolute atomic E-state index is 12.3. The van der Waals surface area contributed by atoms with E-state index in [2.05, 4.69) is 20.4 Å². The number of aliphatic hydroxyl groups excluding tert-OH is 1. The smallest absolute Gasteiger partial charge is 0.247 e. The number of aromatic nitrogens is 3. The minimum absolute atomic E-state index is 0.0329. The molecule has 0 spiro atoms. The minimum atomic E-state index is -1.37. The molecule has 2 N–H and O–H groups in total. The van der Waals surface area contributed by atoms with Gasteiger partial charge in [0.2, 0.25) is 11.9 Å². The SMILES string of the molecule is Cc1oncc1C(O)C(C#N)C(=O)Nc1ncc(OC2CCCCC2)cn1. The number of amides is 1. The van der Waals surface area contributed by atoms with Crippen molar-refractivity contribution in [3.63, 3.8) is 0 Å². The Hall–Kier alpha value is -2.99. The third-order valence-electron chi connectivity index (χ3n) is 4.56. The number of carbonyl (C=O) groups is 1. The Bertz CT molecular complexity index is 808. The summed E-state index contributed by atoms with van der Waals surface area (Å²) in [5, 5.41) is 25.5. The minimum Gasteiger partial charge on any atom is -0.487 e. The first kappa shape index (κ1) is 18.8. The fraction of sp³-hybridized carbons (Fsp3) is 0.500. The molecule has 27 heavy (non-hydrogen) atoms. The molecule has 1 aliphatic carbocycles. The summed E-state index contributed by atoms with van der Waals surface area (Å²) in [5.74, 6) is -1.16. The molecule has 9 heteroatoms. The topological polar surface area (TPSA) is 134 Å². The first-order valence-corrected chi connectivity index (χ1v) is 8.87. The van der Waals surface area contributed by atoms with E-state index < -0.39 is 17.9 Å². The van der Waals surface area contributed by atoms with Crippen LogP contribution >= 0.6 is 0 Å². The van der Waals surface area contributed by atoms with Crippen LogP contribution in [0, 0.1) is 24.2 Å². The Balaban J connectivity index is 1.61. The van der Waals surface area contributed by atoms with Gasteiger partial charge in [-0.25, -0.2) is 9.97 Å². The number of nitrogens with one attached hydrogen (secondary N) is 1. The summed E-state index contributed by atoms with van der Waals surface area (Å²) in [6.45, 7) is 1.59. The van der Waals surface area contributed by atoms with Gasteiger partial charge in [-0.05, 0) is 32.6 Å². The van der Waals surface area contributed by atoms with E-state index in [1.54, 1.807) is 13.0 Å². The van der Waals surface area contributed by atoms with Crippen LogP contribution in [-0.4, -0.2) is 32.2 Å². The highest BCUT2D eigenvalue weighted by Crippen LogP contribution is 2.26. The van der Waals surface area contributed by atoms with Crippen LogP contribution in [0.15, 0.2) is 23.1 Å². The number of nitriles is 1. The number of rotatable bonds is 6. The lowest BCUT2D eigenvalue weighted by Crippen LogP contribution is -2.28. The van der Waals surface area contributed by atoms with Gasteiger partial charge in [-0.2, -0.15) is 5.26 Å². The first-order chi connectivity index (χ1) is 13.1. The van der Waals surface area contributed by atoms with Gasteiger partial charge in [0.1, 0.15) is 11.9 Å². The molecule has 1 aliphatic rings. The van der Waals surface area contributed by atoms with Crippen molar-refractivity contribution in [2.45, 2.75) is 51.2 Å². The van der Waals surface area contributed by atoms with Gasteiger partial charge in [-0.1, -0.05) is 11.6 Å². The monoisotopic (exact) mass is 371 g/mol. The second-order valence-electron chi connectivity index (χ2n) is 6.50. The second-order valence-corrected chi connectivity index (χ2v) is 6.50. The highest BCUT2D eigenvalue weighted by atomic mass is 16.5. The van der Waals surface area contributed by atoms with Crippen molar-refractivity contribution in [1.29, 1.82) is 5.26 Å². The second kappa shape index (κ2) is 8.60. The normalized spacial score (nSPS) is 16.9. The molecule has 0 bridgehead atoms. The van der Waals surface area contributed by atoms with Crippen LogP contribution < -0.4 is 10.1 Å². The van der Waals surface area contributed by atoms with E-state index in [-0.39, 0.29) is 17.6 Å². The summed E-state index contributed by atoms with van der Waals surface area (Å²) >= 11 is 0. The zero-order chi connectivity index (χ0) is 19.2. The Morgan fingerprint density at radius 1 is 1.33 bits per heavy atom. The van der Waals surface area contributed by atoms with Crippen molar-refractivity contribution in [1.82, 2.24) is 15.1 Å². The molecule has 142 valence electrons. The van der Waals surface area contributed by atoms with Gasteiger partial charge in [-0.15, -0.1) is 0 Å². The first-order valence-electron chi connectivity index (χ1n) is 8.87. The molecule has 9 nitrogen and oxygen atoms in total. The molecule has 2 aromatic heterocycles. The van der Waals surface area contributed by atoms with Crippen LogP contribution in [0.2, 0.25) is 0 Å². The largest absolute Gasteiger partial charge is 0.487 e. The number of ether oxygens (including phenoxy) is 1. The Kier molecular flexibility index (Phi) is 5.98. The van der Waals surface area contributed by atoms with E-state index in [9.17, 15) is 15.2 Å². The van der Waals surface area contributed by atoms with Crippen molar-refractivity contribution in [3.8, 4) is 11.8 Å². The van der Waals surface area contributed by atoms with Crippen molar-refractivity contribution in [2.24, 2.45) is 5.92 Å². The molecule has 1 saturated carbocycles. The Morgan fingerprint density at radius 2 is 2.04 bits per heavy atom. The summed E-state index contributed by atoms with van der Waals surface area (Å²) in [5.41, 5.74) is 0.286. The lowest BCUT2D eigenvalue weighted by atomic mass is 9.97. The van der Waals surface area contributed by atoms with Crippen LogP contribution in [0.5, 0.6) is 5.75 Å². The maximum atomic E-state index is 12.3. The summed E-state index contributed by atoms with van der Waals surface area (Å²) in [6.07, 6.45) is 8.64. The number of carbonyl (C=O) groups excluding carboxylic acids is 1. The van der Waals surface area contributed by atoms with E-state index in [1.807, 2.05) is 0 Å². The van der Waals surface area contributed by atoms with Gasteiger partial charge in [0.25, 0.3) is 0 Å². The molecule has 1 amide bonds. The van der Waals surface area contributed by atoms with Gasteiger partial charge in [0, 0.05) is 5.56 Å². The third-order valence-corrected chi connectivity index (χ3v) is 4.56. The summed E-state index contributed by atoms with van der Waals surface area (Å²) in [6, 6.07) is 1.79. The molecule has 1 fully saturated rings. The number of aryl methyl sites for hydroxylation is 1. The van der Waals surface area contributed by atoms with Crippen LogP contribution in [0.1, 0.15) is 49.5 Å². The highest BCUT2D eigenvalue weighted by Gasteiger charge is 2.31. The molecule has 2 atom stereocenters. The molecule has 0 aromatic carbocycles. The average Bonchev–Trinajstić information content (AvgIpc) is 3.10. The quantitative estimate of drug-likeness (QED) is 0.790. The summed E-state index contributed by atoms with van der Waals surface area (Å²) < 4.78 is 10.7. The molecule has 2 heterocycles. The van der Waals surface area contributed by atoms with Crippen LogP contribution in [0.3, 0.4) is 0 Å². The summed E-state index contributed by atoms with van der Waals surface area (Å²) in [4.78, 5) is 20.4. The molecular formula is C18H21N5O4. The van der Waals surface area contributed by atoms with Gasteiger partial charge < -0.3 is 14.4 Å². The zero-order valence-corrected chi connectivity index (χ0v) is 15.0. The molecule has 0 aliphatic heterocycles. The fourth-order valence-corrected chi connectivity index (χ4v) is 3.05. The average molecular weight is 371 g/mol.